The number of nitrogens with zero attached hydrogens (tertiary/aromatic N) is 6. The highest BCUT2D eigenvalue weighted by Gasteiger charge is 2.23. The SMILES string of the molecule is CN1CCCN=C1NCc1nnnn1CC1CC1. The van der Waals surface area contributed by atoms with E-state index in [-0.39, 0.29) is 0 Å². The van der Waals surface area contributed by atoms with Crippen LogP contribution in [0.15, 0.2) is 4.99 Å². The van der Waals surface area contributed by atoms with Crippen LogP contribution in [0, 0.1) is 5.92 Å². The van der Waals surface area contributed by atoms with Crippen molar-refractivity contribution in [1.29, 1.82) is 0 Å². The van der Waals surface area contributed by atoms with Gasteiger partial charge in [-0.25, -0.2) is 4.68 Å². The Balaban J connectivity index is 1.58. The topological polar surface area (TPSA) is 71.2 Å². The first-order valence-electron chi connectivity index (χ1n) is 6.57. The predicted molar refractivity (Wildman–Crippen MR) is 66.9 cm³/mol. The van der Waals surface area contributed by atoms with Gasteiger partial charge in [0.05, 0.1) is 6.54 Å². The first kappa shape index (κ1) is 11.4. The van der Waals surface area contributed by atoms with E-state index in [0.29, 0.717) is 6.54 Å². The van der Waals surface area contributed by atoms with Crippen molar-refractivity contribution in [1.82, 2.24) is 30.4 Å². The Morgan fingerprint density at radius 1 is 1.39 bits per heavy atom. The number of hydrogen-bond donors (Lipinski definition) is 1. The average molecular weight is 249 g/mol. The maximum atomic E-state index is 4.47. The van der Waals surface area contributed by atoms with Crippen LogP contribution in [0.3, 0.4) is 0 Å². The summed E-state index contributed by atoms with van der Waals surface area (Å²) in [7, 11) is 2.05. The number of nitrogens with one attached hydrogen (secondary N) is 1. The van der Waals surface area contributed by atoms with Crippen LogP contribution in [0.1, 0.15) is 25.1 Å². The lowest BCUT2D eigenvalue weighted by Crippen LogP contribution is -2.42. The maximum absolute atomic E-state index is 4.47. The molecule has 1 fully saturated rings. The molecule has 1 N–H and O–H groups in total. The van der Waals surface area contributed by atoms with E-state index < -0.39 is 0 Å². The van der Waals surface area contributed by atoms with Crippen LogP contribution in [-0.4, -0.2) is 51.2 Å². The molecule has 2 aliphatic rings. The van der Waals surface area contributed by atoms with Crippen LogP contribution < -0.4 is 5.32 Å². The van der Waals surface area contributed by atoms with Crippen molar-refractivity contribution < 1.29 is 0 Å². The Morgan fingerprint density at radius 2 is 2.28 bits per heavy atom. The Morgan fingerprint density at radius 3 is 3.06 bits per heavy atom. The second-order valence-electron chi connectivity index (χ2n) is 5.05. The normalized spacial score (nSPS) is 19.8. The molecule has 1 aliphatic heterocycles. The molecule has 7 nitrogen and oxygen atoms in total. The molecular weight excluding hydrogens is 230 g/mol. The van der Waals surface area contributed by atoms with Crippen LogP contribution in [0.25, 0.3) is 0 Å². The van der Waals surface area contributed by atoms with Gasteiger partial charge in [-0.1, -0.05) is 0 Å². The summed E-state index contributed by atoms with van der Waals surface area (Å²) in [6.45, 7) is 3.55. The number of aromatic nitrogens is 4. The van der Waals surface area contributed by atoms with Crippen molar-refractivity contribution in [3.63, 3.8) is 0 Å². The zero-order chi connectivity index (χ0) is 12.4. The van der Waals surface area contributed by atoms with E-state index in [1.807, 2.05) is 4.68 Å². The van der Waals surface area contributed by atoms with Crippen molar-refractivity contribution in [2.45, 2.75) is 32.4 Å². The molecule has 0 amide bonds. The summed E-state index contributed by atoms with van der Waals surface area (Å²) in [5.74, 6) is 2.62. The molecule has 1 aliphatic carbocycles. The highest BCUT2D eigenvalue weighted by molar-refractivity contribution is 5.80. The summed E-state index contributed by atoms with van der Waals surface area (Å²) in [4.78, 5) is 6.60. The van der Waals surface area contributed by atoms with Gasteiger partial charge in [0, 0.05) is 26.7 Å². The summed E-state index contributed by atoms with van der Waals surface area (Å²) in [5.41, 5.74) is 0. The zero-order valence-electron chi connectivity index (χ0n) is 10.7. The molecule has 1 aromatic rings. The lowest BCUT2D eigenvalue weighted by Gasteiger charge is -2.25. The van der Waals surface area contributed by atoms with E-state index in [2.05, 4.69) is 37.8 Å². The molecule has 0 spiro atoms. The smallest absolute Gasteiger partial charge is 0.194 e. The van der Waals surface area contributed by atoms with E-state index in [4.69, 9.17) is 0 Å². The molecule has 0 aromatic carbocycles. The second kappa shape index (κ2) is 4.91. The molecule has 0 atom stereocenters. The number of hydrogen-bond acceptors (Lipinski definition) is 6. The molecular formula is C11H19N7. The third-order valence-electron chi connectivity index (χ3n) is 3.41. The van der Waals surface area contributed by atoms with E-state index in [1.54, 1.807) is 0 Å². The van der Waals surface area contributed by atoms with Gasteiger partial charge in [0.15, 0.2) is 11.8 Å². The van der Waals surface area contributed by atoms with Crippen LogP contribution in [0.2, 0.25) is 0 Å². The fourth-order valence-corrected chi connectivity index (χ4v) is 2.11. The standard InChI is InChI=1S/C11H19N7/c1-17-6-2-5-12-11(17)13-7-10-14-15-16-18(10)8-9-3-4-9/h9H,2-8H2,1H3,(H,12,13). The summed E-state index contributed by atoms with van der Waals surface area (Å²) >= 11 is 0. The molecule has 98 valence electrons. The maximum Gasteiger partial charge on any atom is 0.194 e. The Kier molecular flexibility index (Phi) is 3.12. The van der Waals surface area contributed by atoms with E-state index in [0.717, 1.165) is 43.8 Å². The van der Waals surface area contributed by atoms with Gasteiger partial charge >= 0.3 is 0 Å². The lowest BCUT2D eigenvalue weighted by molar-refractivity contribution is 0.442. The summed E-state index contributed by atoms with van der Waals surface area (Å²) < 4.78 is 1.91. The van der Waals surface area contributed by atoms with E-state index in [1.165, 1.54) is 12.8 Å². The van der Waals surface area contributed by atoms with Crippen molar-refractivity contribution in [2.75, 3.05) is 20.1 Å². The van der Waals surface area contributed by atoms with Crippen LogP contribution >= 0.6 is 0 Å². The number of tetrazole rings is 1. The quantitative estimate of drug-likeness (QED) is 0.804. The van der Waals surface area contributed by atoms with Gasteiger partial charge in [-0.3, -0.25) is 4.99 Å². The minimum atomic E-state index is 0.642. The van der Waals surface area contributed by atoms with Gasteiger partial charge < -0.3 is 10.2 Å². The van der Waals surface area contributed by atoms with Crippen molar-refractivity contribution in [3.05, 3.63) is 5.82 Å². The van der Waals surface area contributed by atoms with Gasteiger partial charge in [-0.2, -0.15) is 0 Å². The summed E-state index contributed by atoms with van der Waals surface area (Å²) in [6, 6.07) is 0. The van der Waals surface area contributed by atoms with Crippen LogP contribution in [-0.2, 0) is 13.1 Å². The van der Waals surface area contributed by atoms with Gasteiger partial charge in [0.1, 0.15) is 0 Å². The molecule has 18 heavy (non-hydrogen) atoms. The molecule has 1 saturated carbocycles. The molecule has 0 radical (unpaired) electrons. The third-order valence-corrected chi connectivity index (χ3v) is 3.41. The minimum absolute atomic E-state index is 0.642. The molecule has 2 heterocycles. The van der Waals surface area contributed by atoms with Gasteiger partial charge in [-0.15, -0.1) is 5.10 Å². The predicted octanol–water partition coefficient (Wildman–Crippen LogP) is -0.136. The second-order valence-corrected chi connectivity index (χ2v) is 5.05. The van der Waals surface area contributed by atoms with E-state index >= 15 is 0 Å². The van der Waals surface area contributed by atoms with Crippen molar-refractivity contribution in [3.8, 4) is 0 Å². The fourth-order valence-electron chi connectivity index (χ4n) is 2.11. The number of aliphatic imine (C=N–C) groups is 1. The van der Waals surface area contributed by atoms with Crippen molar-refractivity contribution >= 4 is 5.96 Å². The largest absolute Gasteiger partial charge is 0.349 e. The lowest BCUT2D eigenvalue weighted by atomic mass is 10.3. The molecule has 0 saturated heterocycles. The third kappa shape index (κ3) is 2.60. The first-order valence-corrected chi connectivity index (χ1v) is 6.57. The molecule has 3 rings (SSSR count). The Hall–Kier alpha value is -1.66. The van der Waals surface area contributed by atoms with Gasteiger partial charge in [0.2, 0.25) is 0 Å². The summed E-state index contributed by atoms with van der Waals surface area (Å²) in [5, 5.41) is 15.2. The van der Waals surface area contributed by atoms with Gasteiger partial charge in [0.25, 0.3) is 0 Å². The zero-order valence-corrected chi connectivity index (χ0v) is 10.7. The average Bonchev–Trinajstić information content (AvgIpc) is 3.07. The highest BCUT2D eigenvalue weighted by atomic mass is 15.5. The Labute approximate surface area is 106 Å². The van der Waals surface area contributed by atoms with Gasteiger partial charge in [-0.05, 0) is 35.6 Å². The molecule has 0 unspecified atom stereocenters. The monoisotopic (exact) mass is 249 g/mol. The summed E-state index contributed by atoms with van der Waals surface area (Å²) in [6.07, 6.45) is 3.74. The first-order chi connectivity index (χ1) is 8.83. The van der Waals surface area contributed by atoms with Crippen LogP contribution in [0.4, 0.5) is 0 Å². The molecule has 7 heteroatoms. The van der Waals surface area contributed by atoms with Crippen LogP contribution in [0.5, 0.6) is 0 Å². The minimum Gasteiger partial charge on any atom is -0.349 e. The molecule has 0 bridgehead atoms. The number of guanidine groups is 1. The molecule has 1 aromatic heterocycles. The van der Waals surface area contributed by atoms with Crippen molar-refractivity contribution in [2.24, 2.45) is 10.9 Å². The highest BCUT2D eigenvalue weighted by Crippen LogP contribution is 2.30. The Bertz CT molecular complexity index is 434. The number of rotatable bonds is 4. The fraction of sp³-hybridized carbons (Fsp3) is 0.818. The van der Waals surface area contributed by atoms with E-state index in [9.17, 15) is 0 Å².